The van der Waals surface area contributed by atoms with Gasteiger partial charge in [0.2, 0.25) is 0 Å². The smallest absolute Gasteiger partial charge is 0.290 e. The van der Waals surface area contributed by atoms with Crippen molar-refractivity contribution in [3.63, 3.8) is 0 Å². The summed E-state index contributed by atoms with van der Waals surface area (Å²) in [7, 11) is 3.22. The molecule has 1 saturated heterocycles. The van der Waals surface area contributed by atoms with Crippen molar-refractivity contribution >= 4 is 29.4 Å². The van der Waals surface area contributed by atoms with E-state index in [2.05, 4.69) is 45.7 Å². The highest BCUT2D eigenvalue weighted by molar-refractivity contribution is 6.32. The molecule has 0 aliphatic carbocycles. The van der Waals surface area contributed by atoms with Crippen molar-refractivity contribution in [3.8, 4) is 22.8 Å². The van der Waals surface area contributed by atoms with E-state index in [4.69, 9.17) is 36.0 Å². The number of anilines is 1. The lowest BCUT2D eigenvalue weighted by Crippen LogP contribution is -2.32. The van der Waals surface area contributed by atoms with E-state index in [0.717, 1.165) is 43.0 Å². The number of hydrogen-bond acceptors (Lipinski definition) is 7. The quantitative estimate of drug-likeness (QED) is 0.358. The number of aromatic nitrogens is 3. The first kappa shape index (κ1) is 25.3. The van der Waals surface area contributed by atoms with Crippen molar-refractivity contribution in [2.45, 2.75) is 19.0 Å². The lowest BCUT2D eigenvalue weighted by Gasteiger charge is -2.19. The number of benzene rings is 1. The fourth-order valence-electron chi connectivity index (χ4n) is 4.28. The molecule has 1 aliphatic rings. The molecule has 9 nitrogen and oxygen atoms in total. The molecule has 1 atom stereocenters. The standard InChI is InChI=1S/C25H26ClN5O2.CH2O2/c1-32-23-13-24(33-2)21(26)12-20(23)22-16-31-10-6-19(11-25(31)29-22)30-9-5-18(15-30)28-14-17-3-7-27-8-4-17;2-1-3/h3-4,6-8,10-13,16,18,28H,5,9,14-15H2,1-2H3;1H,(H,2,3)/t18-;/m0./s1. The van der Waals surface area contributed by atoms with Crippen molar-refractivity contribution in [1.29, 1.82) is 0 Å². The number of carboxylic acid groups (broad SMARTS) is 1. The molecule has 2 N–H and O–H groups in total. The van der Waals surface area contributed by atoms with Gasteiger partial charge in [0.1, 0.15) is 17.1 Å². The Labute approximate surface area is 214 Å². The number of imidazole rings is 1. The molecule has 0 amide bonds. The minimum absolute atomic E-state index is 0.250. The normalized spacial score (nSPS) is 14.9. The largest absolute Gasteiger partial charge is 0.496 e. The summed E-state index contributed by atoms with van der Waals surface area (Å²) >= 11 is 6.37. The Kier molecular flexibility index (Phi) is 8.24. The predicted octanol–water partition coefficient (Wildman–Crippen LogP) is 4.14. The van der Waals surface area contributed by atoms with E-state index in [0.29, 0.717) is 22.6 Å². The molecule has 1 aromatic carbocycles. The van der Waals surface area contributed by atoms with Crippen LogP contribution in [-0.4, -0.2) is 59.3 Å². The van der Waals surface area contributed by atoms with E-state index in [1.54, 1.807) is 20.3 Å². The fraction of sp³-hybridized carbons (Fsp3) is 0.269. The molecule has 36 heavy (non-hydrogen) atoms. The SMILES string of the molecule is COc1cc(OC)c(-c2cn3ccc(N4CC[C@H](NCc5ccncc5)C4)cc3n2)cc1Cl.O=CO. The third-order valence-electron chi connectivity index (χ3n) is 6.09. The van der Waals surface area contributed by atoms with E-state index >= 15 is 0 Å². The zero-order valence-corrected chi connectivity index (χ0v) is 20.9. The molecule has 3 aromatic heterocycles. The highest BCUT2D eigenvalue weighted by Crippen LogP contribution is 2.38. The molecule has 0 spiro atoms. The second-order valence-corrected chi connectivity index (χ2v) is 8.64. The summed E-state index contributed by atoms with van der Waals surface area (Å²) in [6.45, 7) is 2.59. The van der Waals surface area contributed by atoms with Gasteiger partial charge in [0.15, 0.2) is 0 Å². The maximum atomic E-state index is 8.36. The second kappa shape index (κ2) is 11.7. The third kappa shape index (κ3) is 5.69. The van der Waals surface area contributed by atoms with Crippen molar-refractivity contribution in [2.24, 2.45) is 0 Å². The topological polar surface area (TPSA) is 101 Å². The number of ether oxygens (including phenoxy) is 2. The fourth-order valence-corrected chi connectivity index (χ4v) is 4.52. The molecule has 0 radical (unpaired) electrons. The Balaban J connectivity index is 0.000000967. The maximum Gasteiger partial charge on any atom is 0.290 e. The zero-order chi connectivity index (χ0) is 25.5. The number of carbonyl (C=O) groups is 1. The van der Waals surface area contributed by atoms with Crippen LogP contribution in [0.5, 0.6) is 11.5 Å². The number of nitrogens with one attached hydrogen (secondary N) is 1. The number of hydrogen-bond donors (Lipinski definition) is 2. The molecule has 10 heteroatoms. The molecule has 0 unspecified atom stereocenters. The molecule has 5 rings (SSSR count). The van der Waals surface area contributed by atoms with E-state index in [1.165, 1.54) is 11.3 Å². The molecular weight excluding hydrogens is 482 g/mol. The van der Waals surface area contributed by atoms with Crippen LogP contribution >= 0.6 is 11.6 Å². The second-order valence-electron chi connectivity index (χ2n) is 8.24. The van der Waals surface area contributed by atoms with Gasteiger partial charge in [-0.1, -0.05) is 11.6 Å². The number of rotatable bonds is 7. The average Bonchev–Trinajstić information content (AvgIpc) is 3.55. The Bertz CT molecular complexity index is 1310. The summed E-state index contributed by atoms with van der Waals surface area (Å²) in [6.07, 6.45) is 8.82. The Hall–Kier alpha value is -3.82. The van der Waals surface area contributed by atoms with E-state index in [-0.39, 0.29) is 6.47 Å². The average molecular weight is 510 g/mol. The van der Waals surface area contributed by atoms with Crippen LogP contribution in [0, 0.1) is 0 Å². The first-order chi connectivity index (χ1) is 17.6. The lowest BCUT2D eigenvalue weighted by molar-refractivity contribution is -0.122. The van der Waals surface area contributed by atoms with Crippen LogP contribution < -0.4 is 19.7 Å². The van der Waals surface area contributed by atoms with E-state index < -0.39 is 0 Å². The van der Waals surface area contributed by atoms with Gasteiger partial charge in [-0.05, 0) is 36.2 Å². The molecule has 1 fully saturated rings. The van der Waals surface area contributed by atoms with Gasteiger partial charge in [0.05, 0.1) is 24.9 Å². The summed E-state index contributed by atoms with van der Waals surface area (Å²) in [5.41, 5.74) is 4.93. The minimum Gasteiger partial charge on any atom is -0.496 e. The Morgan fingerprint density at radius 2 is 1.92 bits per heavy atom. The van der Waals surface area contributed by atoms with Crippen LogP contribution in [0.4, 0.5) is 5.69 Å². The van der Waals surface area contributed by atoms with Crippen LogP contribution in [0.1, 0.15) is 12.0 Å². The van der Waals surface area contributed by atoms with Gasteiger partial charge >= 0.3 is 0 Å². The van der Waals surface area contributed by atoms with E-state index in [1.807, 2.05) is 29.1 Å². The van der Waals surface area contributed by atoms with Crippen molar-refractivity contribution < 1.29 is 19.4 Å². The Morgan fingerprint density at radius 1 is 1.17 bits per heavy atom. The molecule has 0 saturated carbocycles. The Morgan fingerprint density at radius 3 is 2.64 bits per heavy atom. The summed E-state index contributed by atoms with van der Waals surface area (Å²) < 4.78 is 12.9. The predicted molar refractivity (Wildman–Crippen MR) is 139 cm³/mol. The molecule has 1 aliphatic heterocycles. The van der Waals surface area contributed by atoms with Gasteiger partial charge in [-0.2, -0.15) is 0 Å². The number of halogens is 1. The van der Waals surface area contributed by atoms with Crippen LogP contribution in [0.25, 0.3) is 16.9 Å². The van der Waals surface area contributed by atoms with Crippen LogP contribution in [0.15, 0.2) is 61.2 Å². The molecule has 0 bridgehead atoms. The van der Waals surface area contributed by atoms with Gasteiger partial charge in [-0.3, -0.25) is 9.78 Å². The minimum atomic E-state index is -0.250. The molecule has 188 valence electrons. The first-order valence-corrected chi connectivity index (χ1v) is 11.8. The summed E-state index contributed by atoms with van der Waals surface area (Å²) in [6, 6.07) is 12.4. The van der Waals surface area contributed by atoms with Crippen LogP contribution in [0.3, 0.4) is 0 Å². The monoisotopic (exact) mass is 509 g/mol. The third-order valence-corrected chi connectivity index (χ3v) is 6.39. The van der Waals surface area contributed by atoms with Gasteiger partial charge < -0.3 is 29.2 Å². The molecular formula is C26H28ClN5O4. The summed E-state index contributed by atoms with van der Waals surface area (Å²) in [4.78, 5) is 19.7. The number of methoxy groups -OCH3 is 2. The van der Waals surface area contributed by atoms with Gasteiger partial charge in [-0.25, -0.2) is 4.98 Å². The highest BCUT2D eigenvalue weighted by atomic mass is 35.5. The summed E-state index contributed by atoms with van der Waals surface area (Å²) in [5.74, 6) is 1.24. The van der Waals surface area contributed by atoms with Crippen molar-refractivity contribution in [2.75, 3.05) is 32.2 Å². The zero-order valence-electron chi connectivity index (χ0n) is 20.1. The van der Waals surface area contributed by atoms with Gasteiger partial charge in [-0.15, -0.1) is 0 Å². The van der Waals surface area contributed by atoms with E-state index in [9.17, 15) is 0 Å². The number of fused-ring (bicyclic) bond motifs is 1. The molecule has 4 heterocycles. The molecule has 4 aromatic rings. The summed E-state index contributed by atoms with van der Waals surface area (Å²) in [5, 5.41) is 11.1. The number of nitrogens with zero attached hydrogens (tertiary/aromatic N) is 4. The van der Waals surface area contributed by atoms with Gasteiger partial charge in [0, 0.05) is 73.8 Å². The van der Waals surface area contributed by atoms with Crippen LogP contribution in [0.2, 0.25) is 5.02 Å². The number of pyridine rings is 2. The van der Waals surface area contributed by atoms with Gasteiger partial charge in [0.25, 0.3) is 6.47 Å². The lowest BCUT2D eigenvalue weighted by atomic mass is 10.1. The van der Waals surface area contributed by atoms with Crippen LogP contribution in [-0.2, 0) is 11.3 Å². The van der Waals surface area contributed by atoms with Crippen molar-refractivity contribution in [3.05, 3.63) is 71.8 Å². The first-order valence-electron chi connectivity index (χ1n) is 11.4. The maximum absolute atomic E-state index is 8.36. The highest BCUT2D eigenvalue weighted by Gasteiger charge is 2.23. The van der Waals surface area contributed by atoms with Crippen molar-refractivity contribution in [1.82, 2.24) is 19.7 Å².